The number of carbonyl (C=O) groups is 3. The van der Waals surface area contributed by atoms with Crippen molar-refractivity contribution in [1.82, 2.24) is 0 Å². The molecule has 0 amide bonds. The lowest BCUT2D eigenvalue weighted by molar-refractivity contribution is -0.882. The number of hydrogen-bond acceptors (Lipinski definition) is 5. The lowest BCUT2D eigenvalue weighted by atomic mass is 10.1. The van der Waals surface area contributed by atoms with Gasteiger partial charge < -0.3 is 20.1 Å². The van der Waals surface area contributed by atoms with Crippen LogP contribution < -0.4 is 10.9 Å². The fraction of sp³-hybridized carbons (Fsp3) is 0.500. The molecule has 0 aliphatic carbocycles. The summed E-state index contributed by atoms with van der Waals surface area (Å²) in [5.74, 6) is 1.01. The maximum atomic E-state index is 10.3. The third-order valence-electron chi connectivity index (χ3n) is 1.17. The van der Waals surface area contributed by atoms with Crippen molar-refractivity contribution in [2.24, 2.45) is 5.84 Å². The largest absolute Gasteiger partial charge is 0.550 e. The molecule has 0 rings (SSSR count). The maximum absolute atomic E-state index is 10.3. The monoisotopic (exact) mass is 262 g/mol. The molecule has 0 bridgehead atoms. The number of quaternary nitrogens is 1. The first-order valence-electron chi connectivity index (χ1n) is 4.90. The van der Waals surface area contributed by atoms with E-state index < -0.39 is 29.9 Å². The van der Waals surface area contributed by atoms with E-state index >= 15 is 0 Å². The molecule has 0 heterocycles. The number of nitrogens with zero attached hydrogens (tertiary/aromatic N) is 1. The lowest BCUT2D eigenvalue weighted by Gasteiger charge is -2.12. The van der Waals surface area contributed by atoms with Crippen LogP contribution in [0.15, 0.2) is 11.6 Å². The average Bonchev–Trinajstić information content (AvgIpc) is 2.07. The molecule has 0 atom stereocenters. The summed E-state index contributed by atoms with van der Waals surface area (Å²) in [6, 6.07) is 0. The molecule has 0 aliphatic heterocycles. The van der Waals surface area contributed by atoms with Crippen LogP contribution in [-0.2, 0) is 14.4 Å². The van der Waals surface area contributed by atoms with Crippen LogP contribution in [0.3, 0.4) is 0 Å². The first-order valence-corrected chi connectivity index (χ1v) is 4.90. The van der Waals surface area contributed by atoms with Crippen molar-refractivity contribution < 1.29 is 34.3 Å². The topological polar surface area (TPSA) is 141 Å². The Morgan fingerprint density at radius 2 is 1.56 bits per heavy atom. The van der Waals surface area contributed by atoms with E-state index in [1.54, 1.807) is 0 Å². The third-order valence-corrected chi connectivity index (χ3v) is 1.17. The van der Waals surface area contributed by atoms with Gasteiger partial charge in [0.1, 0.15) is 0 Å². The van der Waals surface area contributed by atoms with Gasteiger partial charge in [-0.1, -0.05) is 0 Å². The predicted molar refractivity (Wildman–Crippen MR) is 59.8 cm³/mol. The minimum atomic E-state index is -1.44. The van der Waals surface area contributed by atoms with Crippen LogP contribution in [0.5, 0.6) is 0 Å². The molecule has 0 saturated heterocycles. The van der Waals surface area contributed by atoms with Gasteiger partial charge in [0.2, 0.25) is 0 Å². The molecule has 0 aliphatic rings. The van der Waals surface area contributed by atoms with Crippen molar-refractivity contribution in [2.75, 3.05) is 21.1 Å². The molecule has 0 aromatic heterocycles. The molecule has 8 heteroatoms. The standard InChI is InChI=1S/C7H8O6.C3H11N2/c8-5(9)2-1-4(7(12)13)3-6(10)11;1-5(2,3)4/h3H,1-2H2,(H,8,9)(H,10,11)(H,12,13);4H2,1-3H3/q;+1/p-1/b4-3-;. The summed E-state index contributed by atoms with van der Waals surface area (Å²) in [5.41, 5.74) is -0.461. The minimum absolute atomic E-state index is 0.357. The first kappa shape index (κ1) is 18.4. The normalized spacial score (nSPS) is 11.2. The zero-order valence-corrected chi connectivity index (χ0v) is 10.5. The van der Waals surface area contributed by atoms with Crippen LogP contribution in [0, 0.1) is 0 Å². The number of aliphatic carboxylic acids is 3. The molecular formula is C10H18N2O6. The third kappa shape index (κ3) is 19.6. The smallest absolute Gasteiger partial charge is 0.331 e. The van der Waals surface area contributed by atoms with Crippen LogP contribution in [0.25, 0.3) is 0 Å². The summed E-state index contributed by atoms with van der Waals surface area (Å²) in [5, 5.41) is 26.5. The summed E-state index contributed by atoms with van der Waals surface area (Å²) in [6.45, 7) is 0. The van der Waals surface area contributed by atoms with E-state index in [0.717, 1.165) is 0 Å². The highest BCUT2D eigenvalue weighted by molar-refractivity contribution is 5.94. The molecular weight excluding hydrogens is 244 g/mol. The average molecular weight is 262 g/mol. The van der Waals surface area contributed by atoms with E-state index in [0.29, 0.717) is 10.7 Å². The molecule has 4 N–H and O–H groups in total. The van der Waals surface area contributed by atoms with Crippen molar-refractivity contribution in [1.29, 1.82) is 0 Å². The van der Waals surface area contributed by atoms with Gasteiger partial charge in [-0.25, -0.2) is 9.59 Å². The Kier molecular flexibility index (Phi) is 8.40. The number of carbonyl (C=O) groups excluding carboxylic acids is 1. The lowest BCUT2D eigenvalue weighted by Crippen LogP contribution is -2.41. The van der Waals surface area contributed by atoms with E-state index in [-0.39, 0.29) is 6.42 Å². The first-order chi connectivity index (χ1) is 7.93. The summed E-state index contributed by atoms with van der Waals surface area (Å²) in [4.78, 5) is 30.3. The fourth-order valence-corrected chi connectivity index (χ4v) is 0.627. The van der Waals surface area contributed by atoms with Gasteiger partial charge in [-0.3, -0.25) is 4.59 Å². The molecule has 0 saturated carbocycles. The van der Waals surface area contributed by atoms with Crippen LogP contribution in [0.4, 0.5) is 0 Å². The van der Waals surface area contributed by atoms with E-state index in [4.69, 9.17) is 16.1 Å². The Balaban J connectivity index is 0. The highest BCUT2D eigenvalue weighted by Gasteiger charge is 2.08. The van der Waals surface area contributed by atoms with Crippen LogP contribution in [0.2, 0.25) is 0 Å². The Morgan fingerprint density at radius 3 is 1.78 bits per heavy atom. The number of carboxylic acid groups (broad SMARTS) is 3. The second kappa shape index (κ2) is 8.20. The Morgan fingerprint density at radius 1 is 1.17 bits per heavy atom. The zero-order valence-electron chi connectivity index (χ0n) is 10.5. The van der Waals surface area contributed by atoms with Gasteiger partial charge >= 0.3 is 11.9 Å². The van der Waals surface area contributed by atoms with Crippen molar-refractivity contribution in [2.45, 2.75) is 12.8 Å². The summed E-state index contributed by atoms with van der Waals surface area (Å²) in [7, 11) is 5.71. The Hall–Kier alpha value is -1.93. The van der Waals surface area contributed by atoms with Crippen molar-refractivity contribution in [3.05, 3.63) is 11.6 Å². The number of rotatable bonds is 5. The second-order valence-electron chi connectivity index (χ2n) is 4.30. The highest BCUT2D eigenvalue weighted by atomic mass is 16.4. The van der Waals surface area contributed by atoms with Crippen molar-refractivity contribution in [3.63, 3.8) is 0 Å². The summed E-state index contributed by atoms with van der Waals surface area (Å²) < 4.78 is 0.500. The fourth-order valence-electron chi connectivity index (χ4n) is 0.627. The zero-order chi connectivity index (χ0) is 14.9. The molecule has 0 spiro atoms. The van der Waals surface area contributed by atoms with Crippen molar-refractivity contribution >= 4 is 17.9 Å². The quantitative estimate of drug-likeness (QED) is 0.229. The number of nitrogens with two attached hydrogens (primary N) is 1. The predicted octanol–water partition coefficient (Wildman–Crippen LogP) is -1.82. The molecule has 0 aromatic rings. The maximum Gasteiger partial charge on any atom is 0.331 e. The van der Waals surface area contributed by atoms with E-state index in [1.165, 1.54) is 0 Å². The molecule has 0 unspecified atom stereocenters. The van der Waals surface area contributed by atoms with E-state index in [2.05, 4.69) is 0 Å². The SMILES string of the molecule is C[N+](C)(C)N.O=C(O)/C=C(/CCC(=O)[O-])C(=O)O. The van der Waals surface area contributed by atoms with Gasteiger partial charge in [-0.05, 0) is 12.8 Å². The van der Waals surface area contributed by atoms with Gasteiger partial charge in [-0.2, -0.15) is 5.84 Å². The Bertz CT molecular complexity index is 337. The van der Waals surface area contributed by atoms with Gasteiger partial charge in [-0.15, -0.1) is 0 Å². The number of carboxylic acids is 3. The van der Waals surface area contributed by atoms with Crippen LogP contribution in [-0.4, -0.2) is 53.9 Å². The van der Waals surface area contributed by atoms with Gasteiger partial charge in [0.15, 0.2) is 0 Å². The van der Waals surface area contributed by atoms with Gasteiger partial charge in [0.25, 0.3) is 0 Å². The van der Waals surface area contributed by atoms with Crippen molar-refractivity contribution in [3.8, 4) is 0 Å². The summed E-state index contributed by atoms with van der Waals surface area (Å²) in [6.07, 6.45) is -0.402. The second-order valence-corrected chi connectivity index (χ2v) is 4.30. The molecule has 0 fully saturated rings. The van der Waals surface area contributed by atoms with Crippen LogP contribution >= 0.6 is 0 Å². The minimum Gasteiger partial charge on any atom is -0.550 e. The van der Waals surface area contributed by atoms with E-state index in [1.807, 2.05) is 21.1 Å². The molecule has 0 radical (unpaired) electrons. The Labute approximate surface area is 104 Å². The van der Waals surface area contributed by atoms with E-state index in [9.17, 15) is 19.5 Å². The molecule has 8 nitrogen and oxygen atoms in total. The summed E-state index contributed by atoms with van der Waals surface area (Å²) >= 11 is 0. The molecule has 104 valence electrons. The van der Waals surface area contributed by atoms with Gasteiger partial charge in [0, 0.05) is 17.6 Å². The van der Waals surface area contributed by atoms with Crippen LogP contribution in [0.1, 0.15) is 12.8 Å². The molecule has 18 heavy (non-hydrogen) atoms. The molecule has 0 aromatic carbocycles. The number of hydrogen-bond donors (Lipinski definition) is 3. The highest BCUT2D eigenvalue weighted by Crippen LogP contribution is 2.04. The van der Waals surface area contributed by atoms with Gasteiger partial charge in [0.05, 0.1) is 21.1 Å².